The molecular formula is C13H18BrNO. The lowest BCUT2D eigenvalue weighted by atomic mass is 9.77. The number of halogens is 1. The minimum Gasteiger partial charge on any atom is -0.487 e. The fourth-order valence-corrected chi connectivity index (χ4v) is 2.34. The number of ether oxygens (including phenoxy) is 1. The van der Waals surface area contributed by atoms with Crippen LogP contribution in [0, 0.1) is 0 Å². The molecule has 3 heteroatoms. The zero-order valence-corrected chi connectivity index (χ0v) is 11.2. The van der Waals surface area contributed by atoms with E-state index in [1.165, 1.54) is 19.3 Å². The van der Waals surface area contributed by atoms with E-state index in [0.29, 0.717) is 0 Å². The highest BCUT2D eigenvalue weighted by molar-refractivity contribution is 9.10. The van der Waals surface area contributed by atoms with Crippen molar-refractivity contribution in [1.82, 2.24) is 5.32 Å². The fraction of sp³-hybridized carbons (Fsp3) is 0.538. The first kappa shape index (κ1) is 11.9. The minimum absolute atomic E-state index is 0.0941. The van der Waals surface area contributed by atoms with Crippen LogP contribution in [-0.4, -0.2) is 19.2 Å². The first-order valence-corrected chi connectivity index (χ1v) is 6.63. The van der Waals surface area contributed by atoms with E-state index in [2.05, 4.69) is 21.2 Å². The summed E-state index contributed by atoms with van der Waals surface area (Å²) in [5.41, 5.74) is 0.0941. The number of rotatable bonds is 5. The predicted molar refractivity (Wildman–Crippen MR) is 69.9 cm³/mol. The maximum atomic E-state index is 6.13. The van der Waals surface area contributed by atoms with Crippen LogP contribution in [0.3, 0.4) is 0 Å². The molecule has 1 aromatic rings. The Hall–Kier alpha value is -0.540. The first-order chi connectivity index (χ1) is 7.74. The lowest BCUT2D eigenvalue weighted by Crippen LogP contribution is -2.45. The molecule has 0 radical (unpaired) electrons. The molecule has 1 aromatic carbocycles. The molecule has 88 valence electrons. The third kappa shape index (κ3) is 2.77. The molecule has 0 aliphatic heterocycles. The highest BCUT2D eigenvalue weighted by Crippen LogP contribution is 2.39. The molecule has 0 atom stereocenters. The Morgan fingerprint density at radius 2 is 2.00 bits per heavy atom. The van der Waals surface area contributed by atoms with Crippen LogP contribution >= 0.6 is 15.9 Å². The zero-order chi connectivity index (χ0) is 11.4. The van der Waals surface area contributed by atoms with E-state index in [9.17, 15) is 0 Å². The van der Waals surface area contributed by atoms with Gasteiger partial charge in [-0.1, -0.05) is 15.9 Å². The molecule has 1 aliphatic carbocycles. The molecule has 0 unspecified atom stereocenters. The van der Waals surface area contributed by atoms with Crippen LogP contribution in [0.1, 0.15) is 25.7 Å². The Morgan fingerprint density at radius 1 is 1.31 bits per heavy atom. The summed E-state index contributed by atoms with van der Waals surface area (Å²) in [6.45, 7) is 1.02. The van der Waals surface area contributed by atoms with Gasteiger partial charge in [0, 0.05) is 4.47 Å². The Balaban J connectivity index is 1.98. The van der Waals surface area contributed by atoms with Crippen LogP contribution in [-0.2, 0) is 0 Å². The molecule has 0 saturated heterocycles. The summed E-state index contributed by atoms with van der Waals surface area (Å²) in [4.78, 5) is 0. The smallest absolute Gasteiger partial charge is 0.120 e. The summed E-state index contributed by atoms with van der Waals surface area (Å²) in [6, 6.07) is 8.12. The van der Waals surface area contributed by atoms with E-state index in [1.807, 2.05) is 31.3 Å². The monoisotopic (exact) mass is 283 g/mol. The van der Waals surface area contributed by atoms with Gasteiger partial charge in [-0.15, -0.1) is 0 Å². The van der Waals surface area contributed by atoms with Gasteiger partial charge in [0.15, 0.2) is 0 Å². The Morgan fingerprint density at radius 3 is 2.50 bits per heavy atom. The zero-order valence-electron chi connectivity index (χ0n) is 9.63. The second kappa shape index (κ2) is 5.19. The van der Waals surface area contributed by atoms with Gasteiger partial charge in [0.05, 0.1) is 0 Å². The van der Waals surface area contributed by atoms with Crippen molar-refractivity contribution in [3.8, 4) is 5.75 Å². The van der Waals surface area contributed by atoms with Crippen molar-refractivity contribution in [3.05, 3.63) is 28.7 Å². The van der Waals surface area contributed by atoms with Gasteiger partial charge in [-0.05, 0) is 63.5 Å². The van der Waals surface area contributed by atoms with E-state index in [0.717, 1.165) is 23.2 Å². The van der Waals surface area contributed by atoms with Crippen molar-refractivity contribution in [2.75, 3.05) is 13.6 Å². The van der Waals surface area contributed by atoms with Crippen molar-refractivity contribution in [2.24, 2.45) is 0 Å². The minimum atomic E-state index is 0.0941. The quantitative estimate of drug-likeness (QED) is 0.895. The van der Waals surface area contributed by atoms with Crippen LogP contribution in [0.2, 0.25) is 0 Å². The highest BCUT2D eigenvalue weighted by atomic mass is 79.9. The van der Waals surface area contributed by atoms with Gasteiger partial charge in [-0.2, -0.15) is 0 Å². The third-order valence-electron chi connectivity index (χ3n) is 3.24. The maximum absolute atomic E-state index is 6.13. The summed E-state index contributed by atoms with van der Waals surface area (Å²) in [5.74, 6) is 0.985. The van der Waals surface area contributed by atoms with Crippen LogP contribution in [0.15, 0.2) is 28.7 Å². The maximum Gasteiger partial charge on any atom is 0.120 e. The molecule has 0 aromatic heterocycles. The van der Waals surface area contributed by atoms with Crippen molar-refractivity contribution in [1.29, 1.82) is 0 Å². The molecule has 16 heavy (non-hydrogen) atoms. The highest BCUT2D eigenvalue weighted by Gasteiger charge is 2.38. The fourth-order valence-electron chi connectivity index (χ4n) is 2.08. The van der Waals surface area contributed by atoms with Crippen LogP contribution in [0.25, 0.3) is 0 Å². The van der Waals surface area contributed by atoms with E-state index in [1.54, 1.807) is 0 Å². The van der Waals surface area contributed by atoms with E-state index >= 15 is 0 Å². The van der Waals surface area contributed by atoms with Gasteiger partial charge in [-0.3, -0.25) is 0 Å². The topological polar surface area (TPSA) is 21.3 Å². The standard InChI is InChI=1S/C13H18BrNO/c1-15-10-9-13(7-2-8-13)16-12-5-3-11(14)4-6-12/h3-6,15H,2,7-10H2,1H3. The lowest BCUT2D eigenvalue weighted by molar-refractivity contribution is -0.0138. The van der Waals surface area contributed by atoms with Crippen molar-refractivity contribution in [3.63, 3.8) is 0 Å². The summed E-state index contributed by atoms with van der Waals surface area (Å²) < 4.78 is 7.23. The van der Waals surface area contributed by atoms with E-state index in [4.69, 9.17) is 4.74 Å². The molecule has 1 aliphatic rings. The van der Waals surface area contributed by atoms with Gasteiger partial charge < -0.3 is 10.1 Å². The molecule has 1 N–H and O–H groups in total. The number of hydrogen-bond acceptors (Lipinski definition) is 2. The van der Waals surface area contributed by atoms with E-state index in [-0.39, 0.29) is 5.60 Å². The molecule has 0 bridgehead atoms. The Kier molecular flexibility index (Phi) is 3.87. The third-order valence-corrected chi connectivity index (χ3v) is 3.77. The van der Waals surface area contributed by atoms with E-state index < -0.39 is 0 Å². The van der Waals surface area contributed by atoms with Crippen LogP contribution in [0.5, 0.6) is 5.75 Å². The van der Waals surface area contributed by atoms with Crippen LogP contribution < -0.4 is 10.1 Å². The van der Waals surface area contributed by atoms with Gasteiger partial charge in [0.1, 0.15) is 11.4 Å². The summed E-state index contributed by atoms with van der Waals surface area (Å²) in [6.07, 6.45) is 4.76. The molecule has 1 fully saturated rings. The van der Waals surface area contributed by atoms with Crippen molar-refractivity contribution >= 4 is 15.9 Å². The van der Waals surface area contributed by atoms with Crippen LogP contribution in [0.4, 0.5) is 0 Å². The molecule has 2 rings (SSSR count). The Labute approximate surface area is 106 Å². The average Bonchev–Trinajstić information content (AvgIpc) is 2.25. The van der Waals surface area contributed by atoms with Gasteiger partial charge in [0.25, 0.3) is 0 Å². The molecule has 0 spiro atoms. The molecule has 0 amide bonds. The van der Waals surface area contributed by atoms with Gasteiger partial charge >= 0.3 is 0 Å². The van der Waals surface area contributed by atoms with Gasteiger partial charge in [-0.25, -0.2) is 0 Å². The lowest BCUT2D eigenvalue weighted by Gasteiger charge is -2.42. The predicted octanol–water partition coefficient (Wildman–Crippen LogP) is 3.36. The molecule has 1 saturated carbocycles. The second-order valence-corrected chi connectivity index (χ2v) is 5.36. The number of nitrogens with one attached hydrogen (secondary N) is 1. The van der Waals surface area contributed by atoms with Crippen molar-refractivity contribution in [2.45, 2.75) is 31.3 Å². The Bertz CT molecular complexity index is 332. The number of benzene rings is 1. The molecule has 2 nitrogen and oxygen atoms in total. The SMILES string of the molecule is CNCCC1(Oc2ccc(Br)cc2)CCC1. The van der Waals surface area contributed by atoms with Crippen molar-refractivity contribution < 1.29 is 4.74 Å². The summed E-state index contributed by atoms with van der Waals surface area (Å²) in [5, 5.41) is 3.20. The second-order valence-electron chi connectivity index (χ2n) is 4.45. The first-order valence-electron chi connectivity index (χ1n) is 5.83. The molecule has 0 heterocycles. The largest absolute Gasteiger partial charge is 0.487 e. The van der Waals surface area contributed by atoms with Gasteiger partial charge in [0.2, 0.25) is 0 Å². The average molecular weight is 284 g/mol. The normalized spacial score (nSPS) is 17.9. The molecular weight excluding hydrogens is 266 g/mol. The summed E-state index contributed by atoms with van der Waals surface area (Å²) in [7, 11) is 1.99. The number of hydrogen-bond donors (Lipinski definition) is 1. The summed E-state index contributed by atoms with van der Waals surface area (Å²) >= 11 is 3.43.